The Morgan fingerprint density at radius 3 is 2.57 bits per heavy atom. The van der Waals surface area contributed by atoms with Gasteiger partial charge in [-0.3, -0.25) is 14.2 Å². The first-order valence-corrected chi connectivity index (χ1v) is 8.67. The van der Waals surface area contributed by atoms with E-state index >= 15 is 0 Å². The number of carbonyl (C=O) groups excluding carboxylic acids is 2. The molecular weight excluding hydrogens is 401 g/mol. The van der Waals surface area contributed by atoms with Crippen molar-refractivity contribution in [1.82, 2.24) is 4.57 Å². The molecule has 0 aliphatic heterocycles. The van der Waals surface area contributed by atoms with Gasteiger partial charge >= 0.3 is 0 Å². The normalized spacial score (nSPS) is 14.0. The third-order valence-electron chi connectivity index (χ3n) is 4.41. The lowest BCUT2D eigenvalue weighted by molar-refractivity contribution is -0.118. The second-order valence-corrected chi connectivity index (χ2v) is 6.94. The number of para-hydroxylation sites is 1. The van der Waals surface area contributed by atoms with Crippen LogP contribution in [0.3, 0.4) is 0 Å². The summed E-state index contributed by atoms with van der Waals surface area (Å²) in [5, 5.41) is 1.02. The number of fused-ring (bicyclic) bond motifs is 3. The van der Waals surface area contributed by atoms with Gasteiger partial charge in [-0.15, -0.1) is 0 Å². The second kappa shape index (κ2) is 5.60. The molecule has 1 aliphatic carbocycles. The van der Waals surface area contributed by atoms with E-state index in [0.717, 1.165) is 25.7 Å². The highest BCUT2D eigenvalue weighted by molar-refractivity contribution is 14.1. The predicted molar refractivity (Wildman–Crippen MR) is 97.9 cm³/mol. The van der Waals surface area contributed by atoms with Crippen LogP contribution in [-0.4, -0.2) is 16.3 Å². The average Bonchev–Trinajstić information content (AvgIpc) is 2.88. The van der Waals surface area contributed by atoms with Crippen LogP contribution in [0, 0.1) is 3.57 Å². The van der Waals surface area contributed by atoms with E-state index in [1.54, 1.807) is 0 Å². The van der Waals surface area contributed by atoms with Crippen LogP contribution in [0.15, 0.2) is 48.5 Å². The van der Waals surface area contributed by atoms with Crippen molar-refractivity contribution in [1.29, 1.82) is 0 Å². The number of hydrogen-bond donors (Lipinski definition) is 0. The number of aromatic nitrogens is 1. The molecule has 4 heteroatoms. The number of ketones is 1. The van der Waals surface area contributed by atoms with Crippen LogP contribution in [0.25, 0.3) is 10.9 Å². The summed E-state index contributed by atoms with van der Waals surface area (Å²) in [5.74, 6) is 0.240. The van der Waals surface area contributed by atoms with E-state index in [1.807, 2.05) is 53.1 Å². The Balaban J connectivity index is 1.99. The van der Waals surface area contributed by atoms with Crippen molar-refractivity contribution in [2.75, 3.05) is 0 Å². The maximum absolute atomic E-state index is 13.2. The molecule has 3 nitrogen and oxygen atoms in total. The Morgan fingerprint density at radius 1 is 1.00 bits per heavy atom. The third-order valence-corrected chi connectivity index (χ3v) is 5.35. The van der Waals surface area contributed by atoms with E-state index < -0.39 is 0 Å². The van der Waals surface area contributed by atoms with Crippen LogP contribution in [-0.2, 0) is 17.6 Å². The standard InChI is InChI=1S/C19H14INO2/c20-16-7-3-1-6-14(16)19(23)21-17-8-4-2-5-13(17)15-11-12(22)9-10-18(15)21/h1-8H,9-11H2. The molecule has 0 unspecified atom stereocenters. The Bertz CT molecular complexity index is 955. The molecule has 0 bridgehead atoms. The summed E-state index contributed by atoms with van der Waals surface area (Å²) in [6.07, 6.45) is 1.59. The smallest absolute Gasteiger partial charge is 0.263 e. The summed E-state index contributed by atoms with van der Waals surface area (Å²) < 4.78 is 2.75. The number of nitrogens with zero attached hydrogens (tertiary/aromatic N) is 1. The van der Waals surface area contributed by atoms with E-state index in [9.17, 15) is 9.59 Å². The van der Waals surface area contributed by atoms with Crippen molar-refractivity contribution in [3.63, 3.8) is 0 Å². The molecule has 114 valence electrons. The van der Waals surface area contributed by atoms with Gasteiger partial charge in [0.05, 0.1) is 11.1 Å². The van der Waals surface area contributed by atoms with Crippen LogP contribution < -0.4 is 0 Å². The summed E-state index contributed by atoms with van der Waals surface area (Å²) in [6.45, 7) is 0. The number of benzene rings is 2. The van der Waals surface area contributed by atoms with Crippen molar-refractivity contribution in [3.05, 3.63) is 68.9 Å². The fourth-order valence-electron chi connectivity index (χ4n) is 3.35. The van der Waals surface area contributed by atoms with Gasteiger partial charge in [0.25, 0.3) is 5.91 Å². The first-order chi connectivity index (χ1) is 11.2. The monoisotopic (exact) mass is 415 g/mol. The van der Waals surface area contributed by atoms with Gasteiger partial charge in [0.1, 0.15) is 5.78 Å². The molecule has 4 rings (SSSR count). The van der Waals surface area contributed by atoms with Gasteiger partial charge in [-0.25, -0.2) is 0 Å². The molecule has 0 N–H and O–H groups in total. The molecule has 0 spiro atoms. The van der Waals surface area contributed by atoms with Gasteiger partial charge in [-0.05, 0) is 52.8 Å². The molecule has 3 aromatic rings. The highest BCUT2D eigenvalue weighted by Crippen LogP contribution is 2.32. The molecule has 23 heavy (non-hydrogen) atoms. The average molecular weight is 415 g/mol. The quantitative estimate of drug-likeness (QED) is 0.564. The zero-order valence-corrected chi connectivity index (χ0v) is 14.5. The van der Waals surface area contributed by atoms with Gasteiger partial charge in [0.15, 0.2) is 0 Å². The summed E-state index contributed by atoms with van der Waals surface area (Å²) in [6, 6.07) is 15.5. The first kappa shape index (κ1) is 14.6. The summed E-state index contributed by atoms with van der Waals surface area (Å²) in [5.41, 5.74) is 3.62. The lowest BCUT2D eigenvalue weighted by Crippen LogP contribution is -2.20. The van der Waals surface area contributed by atoms with Gasteiger partial charge in [0, 0.05) is 27.5 Å². The van der Waals surface area contributed by atoms with E-state index in [2.05, 4.69) is 22.6 Å². The zero-order valence-electron chi connectivity index (χ0n) is 12.4. The molecule has 0 saturated carbocycles. The fourth-order valence-corrected chi connectivity index (χ4v) is 3.97. The largest absolute Gasteiger partial charge is 0.299 e. The maximum Gasteiger partial charge on any atom is 0.263 e. The molecule has 1 aliphatic rings. The molecule has 0 saturated heterocycles. The van der Waals surface area contributed by atoms with Gasteiger partial charge in [-0.2, -0.15) is 0 Å². The lowest BCUT2D eigenvalue weighted by Gasteiger charge is -2.15. The third kappa shape index (κ3) is 2.32. The van der Waals surface area contributed by atoms with Crippen LogP contribution in [0.2, 0.25) is 0 Å². The van der Waals surface area contributed by atoms with Crippen molar-refractivity contribution in [2.45, 2.75) is 19.3 Å². The lowest BCUT2D eigenvalue weighted by atomic mass is 9.94. The fraction of sp³-hybridized carbons (Fsp3) is 0.158. The topological polar surface area (TPSA) is 39.1 Å². The molecule has 0 fully saturated rings. The van der Waals surface area contributed by atoms with Crippen LogP contribution >= 0.6 is 22.6 Å². The molecular formula is C19H14INO2. The van der Waals surface area contributed by atoms with Gasteiger partial charge in [-0.1, -0.05) is 30.3 Å². The highest BCUT2D eigenvalue weighted by Gasteiger charge is 2.27. The highest BCUT2D eigenvalue weighted by atomic mass is 127. The molecule has 1 heterocycles. The van der Waals surface area contributed by atoms with Crippen molar-refractivity contribution in [3.8, 4) is 0 Å². The van der Waals surface area contributed by atoms with E-state index in [0.29, 0.717) is 24.8 Å². The number of halogens is 1. The Kier molecular flexibility index (Phi) is 3.56. The summed E-state index contributed by atoms with van der Waals surface area (Å²) >= 11 is 2.19. The van der Waals surface area contributed by atoms with Crippen LogP contribution in [0.1, 0.15) is 28.0 Å². The zero-order chi connectivity index (χ0) is 16.0. The minimum Gasteiger partial charge on any atom is -0.299 e. The Morgan fingerprint density at radius 2 is 1.74 bits per heavy atom. The second-order valence-electron chi connectivity index (χ2n) is 5.78. The first-order valence-electron chi connectivity index (χ1n) is 7.59. The van der Waals surface area contributed by atoms with E-state index in [4.69, 9.17) is 0 Å². The minimum absolute atomic E-state index is 0.0122. The number of carbonyl (C=O) groups is 2. The van der Waals surface area contributed by atoms with Gasteiger partial charge in [0.2, 0.25) is 0 Å². The Labute approximate surface area is 147 Å². The number of hydrogen-bond acceptors (Lipinski definition) is 2. The number of Topliss-reactive ketones (excluding diaryl/α,β-unsaturated/α-hetero) is 1. The molecule has 1 aromatic heterocycles. The molecule has 0 radical (unpaired) electrons. The maximum atomic E-state index is 13.2. The van der Waals surface area contributed by atoms with Crippen molar-refractivity contribution in [2.24, 2.45) is 0 Å². The summed E-state index contributed by atoms with van der Waals surface area (Å²) in [4.78, 5) is 25.0. The Hall–Kier alpha value is -1.95. The van der Waals surface area contributed by atoms with Crippen LogP contribution in [0.4, 0.5) is 0 Å². The minimum atomic E-state index is -0.0122. The SMILES string of the molecule is O=C1CCc2c(c3ccccc3n2C(=O)c2ccccc2I)C1. The molecule has 0 atom stereocenters. The summed E-state index contributed by atoms with van der Waals surface area (Å²) in [7, 11) is 0. The van der Waals surface area contributed by atoms with Crippen molar-refractivity contribution >= 4 is 45.2 Å². The van der Waals surface area contributed by atoms with E-state index in [1.165, 1.54) is 0 Å². The van der Waals surface area contributed by atoms with E-state index in [-0.39, 0.29) is 11.7 Å². The van der Waals surface area contributed by atoms with Gasteiger partial charge < -0.3 is 0 Å². The molecule has 2 aromatic carbocycles. The number of rotatable bonds is 1. The van der Waals surface area contributed by atoms with Crippen LogP contribution in [0.5, 0.6) is 0 Å². The van der Waals surface area contributed by atoms with Crippen molar-refractivity contribution < 1.29 is 9.59 Å². The predicted octanol–water partition coefficient (Wildman–Crippen LogP) is 3.99. The molecule has 0 amide bonds.